The molecule has 0 fully saturated rings. The standard InChI is InChI=1S/C21H22F2N4O3/c1-12(25-18(28)9-13-7-15(22)10-16(23)8-13)20(29)26-19-17-6-4-3-5-14(17)11-24-27(2)21(19)30/h3-8,10,12,19,24H,9,11H2,1-2H3,(H,25,28)(H,26,29)/t12-,19?/m0/s1. The van der Waals surface area contributed by atoms with Crippen molar-refractivity contribution in [2.45, 2.75) is 32.0 Å². The molecule has 7 nitrogen and oxygen atoms in total. The number of hydrogen-bond acceptors (Lipinski definition) is 4. The Morgan fingerprint density at radius 3 is 2.57 bits per heavy atom. The van der Waals surface area contributed by atoms with Crippen molar-refractivity contribution in [3.8, 4) is 0 Å². The molecule has 1 heterocycles. The van der Waals surface area contributed by atoms with Gasteiger partial charge in [-0.05, 0) is 35.7 Å². The van der Waals surface area contributed by atoms with E-state index < -0.39 is 35.5 Å². The van der Waals surface area contributed by atoms with E-state index in [4.69, 9.17) is 0 Å². The van der Waals surface area contributed by atoms with Gasteiger partial charge in [0.05, 0.1) is 6.42 Å². The van der Waals surface area contributed by atoms with Crippen molar-refractivity contribution in [2.75, 3.05) is 7.05 Å². The summed E-state index contributed by atoms with van der Waals surface area (Å²) in [4.78, 5) is 37.5. The third kappa shape index (κ3) is 4.98. The summed E-state index contributed by atoms with van der Waals surface area (Å²) in [5.74, 6) is -3.05. The lowest BCUT2D eigenvalue weighted by atomic mass is 10.00. The summed E-state index contributed by atoms with van der Waals surface area (Å²) in [6.07, 6.45) is -0.288. The molecule has 3 N–H and O–H groups in total. The van der Waals surface area contributed by atoms with Gasteiger partial charge < -0.3 is 10.6 Å². The normalized spacial score (nSPS) is 17.0. The molecule has 1 aliphatic rings. The van der Waals surface area contributed by atoms with Gasteiger partial charge in [0.25, 0.3) is 5.91 Å². The summed E-state index contributed by atoms with van der Waals surface area (Å²) in [7, 11) is 1.57. The minimum atomic E-state index is -0.961. The second kappa shape index (κ2) is 9.00. The maximum Gasteiger partial charge on any atom is 0.263 e. The van der Waals surface area contributed by atoms with Crippen molar-refractivity contribution >= 4 is 17.7 Å². The number of benzene rings is 2. The third-order valence-corrected chi connectivity index (χ3v) is 4.79. The predicted molar refractivity (Wildman–Crippen MR) is 105 cm³/mol. The van der Waals surface area contributed by atoms with Crippen molar-refractivity contribution in [1.29, 1.82) is 0 Å². The Labute approximate surface area is 172 Å². The summed E-state index contributed by atoms with van der Waals surface area (Å²) in [5, 5.41) is 6.48. The van der Waals surface area contributed by atoms with Crippen LogP contribution < -0.4 is 16.1 Å². The van der Waals surface area contributed by atoms with E-state index in [1.165, 1.54) is 11.9 Å². The number of nitrogens with one attached hydrogen (secondary N) is 3. The quantitative estimate of drug-likeness (QED) is 0.686. The number of amides is 3. The lowest BCUT2D eigenvalue weighted by molar-refractivity contribution is -0.138. The Morgan fingerprint density at radius 2 is 1.87 bits per heavy atom. The smallest absolute Gasteiger partial charge is 0.263 e. The van der Waals surface area contributed by atoms with Crippen LogP contribution in [0.4, 0.5) is 8.78 Å². The van der Waals surface area contributed by atoms with Crippen molar-refractivity contribution in [2.24, 2.45) is 0 Å². The van der Waals surface area contributed by atoms with Crippen LogP contribution in [0, 0.1) is 11.6 Å². The highest BCUT2D eigenvalue weighted by atomic mass is 19.1. The maximum absolute atomic E-state index is 13.3. The minimum Gasteiger partial charge on any atom is -0.344 e. The number of rotatable bonds is 5. The van der Waals surface area contributed by atoms with Crippen LogP contribution in [0.1, 0.15) is 29.7 Å². The molecule has 0 aliphatic carbocycles. The van der Waals surface area contributed by atoms with E-state index in [-0.39, 0.29) is 17.9 Å². The van der Waals surface area contributed by atoms with E-state index in [0.29, 0.717) is 18.2 Å². The van der Waals surface area contributed by atoms with Gasteiger partial charge in [-0.3, -0.25) is 19.4 Å². The highest BCUT2D eigenvalue weighted by Crippen LogP contribution is 2.22. The number of likely N-dealkylation sites (N-methyl/N-ethyl adjacent to an activating group) is 1. The molecule has 0 radical (unpaired) electrons. The molecular formula is C21H22F2N4O3. The predicted octanol–water partition coefficient (Wildman–Crippen LogP) is 1.35. The molecule has 0 saturated carbocycles. The van der Waals surface area contributed by atoms with Gasteiger partial charge in [0.2, 0.25) is 11.8 Å². The van der Waals surface area contributed by atoms with Gasteiger partial charge in [-0.1, -0.05) is 24.3 Å². The molecule has 3 amide bonds. The number of carbonyl (C=O) groups is 3. The summed E-state index contributed by atoms with van der Waals surface area (Å²) >= 11 is 0. The number of carbonyl (C=O) groups excluding carboxylic acids is 3. The fourth-order valence-corrected chi connectivity index (χ4v) is 3.25. The van der Waals surface area contributed by atoms with E-state index in [0.717, 1.165) is 17.7 Å². The fraction of sp³-hybridized carbons (Fsp3) is 0.286. The average molecular weight is 416 g/mol. The Morgan fingerprint density at radius 1 is 1.20 bits per heavy atom. The topological polar surface area (TPSA) is 90.5 Å². The van der Waals surface area contributed by atoms with Crippen LogP contribution in [0.2, 0.25) is 0 Å². The van der Waals surface area contributed by atoms with Crippen molar-refractivity contribution in [3.05, 3.63) is 70.8 Å². The highest BCUT2D eigenvalue weighted by molar-refractivity contribution is 5.93. The summed E-state index contributed by atoms with van der Waals surface area (Å²) in [5.41, 5.74) is 4.64. The average Bonchev–Trinajstić information content (AvgIpc) is 2.79. The number of halogens is 2. The van der Waals surface area contributed by atoms with Crippen molar-refractivity contribution in [1.82, 2.24) is 21.1 Å². The summed E-state index contributed by atoms with van der Waals surface area (Å²) in [6.45, 7) is 1.90. The number of fused-ring (bicyclic) bond motifs is 1. The maximum atomic E-state index is 13.3. The van der Waals surface area contributed by atoms with Gasteiger partial charge >= 0.3 is 0 Å². The largest absolute Gasteiger partial charge is 0.344 e. The zero-order valence-electron chi connectivity index (χ0n) is 16.5. The number of nitrogens with zero attached hydrogens (tertiary/aromatic N) is 1. The Balaban J connectivity index is 1.67. The molecule has 0 bridgehead atoms. The van der Waals surface area contributed by atoms with Gasteiger partial charge in [-0.15, -0.1) is 0 Å². The van der Waals surface area contributed by atoms with Gasteiger partial charge in [0.1, 0.15) is 23.7 Å². The first-order valence-corrected chi connectivity index (χ1v) is 9.38. The zero-order chi connectivity index (χ0) is 21.8. The summed E-state index contributed by atoms with van der Waals surface area (Å²) < 4.78 is 26.6. The Hall–Kier alpha value is -3.33. The summed E-state index contributed by atoms with van der Waals surface area (Å²) in [6, 6.07) is 8.19. The van der Waals surface area contributed by atoms with E-state index in [1.54, 1.807) is 19.2 Å². The monoisotopic (exact) mass is 416 g/mol. The van der Waals surface area contributed by atoms with Crippen LogP contribution in [0.5, 0.6) is 0 Å². The van der Waals surface area contributed by atoms with Crippen molar-refractivity contribution in [3.63, 3.8) is 0 Å². The second-order valence-corrected chi connectivity index (χ2v) is 7.12. The molecule has 0 spiro atoms. The molecule has 158 valence electrons. The van der Waals surface area contributed by atoms with Crippen molar-refractivity contribution < 1.29 is 23.2 Å². The van der Waals surface area contributed by atoms with Gasteiger partial charge in [-0.25, -0.2) is 14.2 Å². The number of hydrazine groups is 1. The molecule has 0 saturated heterocycles. The lowest BCUT2D eigenvalue weighted by Crippen LogP contribution is -2.50. The van der Waals surface area contributed by atoms with Crippen LogP contribution in [-0.2, 0) is 27.3 Å². The first kappa shape index (κ1) is 21.4. The van der Waals surface area contributed by atoms with Gasteiger partial charge in [-0.2, -0.15) is 0 Å². The Kier molecular flexibility index (Phi) is 6.41. The second-order valence-electron chi connectivity index (χ2n) is 7.12. The van der Waals surface area contributed by atoms with Crippen LogP contribution in [0.25, 0.3) is 0 Å². The van der Waals surface area contributed by atoms with E-state index >= 15 is 0 Å². The zero-order valence-corrected chi connectivity index (χ0v) is 16.5. The molecule has 1 aliphatic heterocycles. The van der Waals surface area contributed by atoms with Crippen LogP contribution in [-0.4, -0.2) is 35.8 Å². The van der Waals surface area contributed by atoms with E-state index in [9.17, 15) is 23.2 Å². The molecule has 9 heteroatoms. The van der Waals surface area contributed by atoms with E-state index in [2.05, 4.69) is 16.1 Å². The molecule has 3 rings (SSSR count). The molecule has 2 atom stereocenters. The van der Waals surface area contributed by atoms with Gasteiger partial charge in [0.15, 0.2) is 0 Å². The number of hydrogen-bond donors (Lipinski definition) is 3. The van der Waals surface area contributed by atoms with E-state index in [1.807, 2.05) is 12.1 Å². The first-order chi connectivity index (χ1) is 14.2. The molecule has 2 aromatic rings. The molecule has 2 aromatic carbocycles. The molecular weight excluding hydrogens is 394 g/mol. The van der Waals surface area contributed by atoms with Crippen LogP contribution >= 0.6 is 0 Å². The molecule has 30 heavy (non-hydrogen) atoms. The SMILES string of the molecule is C[C@H](NC(=O)Cc1cc(F)cc(F)c1)C(=O)NC1C(=O)N(C)NCc2ccccc21. The Bertz CT molecular complexity index is 962. The van der Waals surface area contributed by atoms with Crippen LogP contribution in [0.3, 0.4) is 0 Å². The fourth-order valence-electron chi connectivity index (χ4n) is 3.25. The minimum absolute atomic E-state index is 0.151. The molecule has 0 aromatic heterocycles. The highest BCUT2D eigenvalue weighted by Gasteiger charge is 2.31. The third-order valence-electron chi connectivity index (χ3n) is 4.79. The van der Waals surface area contributed by atoms with Gasteiger partial charge in [0, 0.05) is 19.7 Å². The first-order valence-electron chi connectivity index (χ1n) is 9.38. The lowest BCUT2D eigenvalue weighted by Gasteiger charge is -2.23. The van der Waals surface area contributed by atoms with Crippen LogP contribution in [0.15, 0.2) is 42.5 Å². The molecule has 1 unspecified atom stereocenters.